The van der Waals surface area contributed by atoms with E-state index in [2.05, 4.69) is 15.9 Å². The molecule has 0 spiro atoms. The molecule has 0 aliphatic heterocycles. The fourth-order valence-corrected chi connectivity index (χ4v) is 4.17. The Morgan fingerprint density at radius 3 is 2.89 bits per heavy atom. The number of carbonyl (C=O) groups excluding carboxylic acids is 2. The van der Waals surface area contributed by atoms with Crippen molar-refractivity contribution < 1.29 is 14.3 Å². The molecule has 2 rings (SSSR count). The van der Waals surface area contributed by atoms with Crippen LogP contribution in [-0.4, -0.2) is 18.4 Å². The van der Waals surface area contributed by atoms with Gasteiger partial charge >= 0.3 is 5.97 Å². The van der Waals surface area contributed by atoms with Crippen molar-refractivity contribution in [3.63, 3.8) is 0 Å². The number of ketones is 1. The summed E-state index contributed by atoms with van der Waals surface area (Å²) in [4.78, 5) is 25.7. The van der Waals surface area contributed by atoms with E-state index in [0.29, 0.717) is 25.9 Å². The van der Waals surface area contributed by atoms with E-state index < -0.39 is 5.41 Å². The molecule has 1 atom stereocenters. The van der Waals surface area contributed by atoms with Crippen molar-refractivity contribution in [2.75, 3.05) is 6.61 Å². The number of rotatable bonds is 4. The van der Waals surface area contributed by atoms with Gasteiger partial charge in [-0.25, -0.2) is 0 Å². The summed E-state index contributed by atoms with van der Waals surface area (Å²) in [7, 11) is 0. The van der Waals surface area contributed by atoms with Crippen molar-refractivity contribution >= 4 is 39.0 Å². The van der Waals surface area contributed by atoms with Gasteiger partial charge in [-0.2, -0.15) is 0 Å². The smallest absolute Gasteiger partial charge is 0.319 e. The normalized spacial score (nSPS) is 23.4. The van der Waals surface area contributed by atoms with Gasteiger partial charge in [0.2, 0.25) is 0 Å². The highest BCUT2D eigenvalue weighted by atomic mass is 79.9. The predicted octanol–water partition coefficient (Wildman–Crippen LogP) is 3.75. The van der Waals surface area contributed by atoms with Gasteiger partial charge in [-0.3, -0.25) is 9.59 Å². The average molecular weight is 345 g/mol. The molecule has 1 unspecified atom stereocenters. The van der Waals surface area contributed by atoms with E-state index >= 15 is 0 Å². The number of Topliss-reactive ketones (excluding diaryl/α,β-unsaturated/α-hetero) is 1. The zero-order chi connectivity index (χ0) is 13.9. The molecule has 0 radical (unpaired) electrons. The van der Waals surface area contributed by atoms with Gasteiger partial charge < -0.3 is 4.74 Å². The lowest BCUT2D eigenvalue weighted by atomic mass is 9.70. The molecule has 1 aromatic rings. The summed E-state index contributed by atoms with van der Waals surface area (Å²) in [6, 6.07) is 1.95. The Balaban J connectivity index is 2.31. The van der Waals surface area contributed by atoms with Crippen LogP contribution < -0.4 is 0 Å². The van der Waals surface area contributed by atoms with Gasteiger partial charge in [-0.1, -0.05) is 6.42 Å². The van der Waals surface area contributed by atoms with Gasteiger partial charge in [0.25, 0.3) is 0 Å². The van der Waals surface area contributed by atoms with Crippen molar-refractivity contribution in [2.45, 2.75) is 39.0 Å². The topological polar surface area (TPSA) is 43.4 Å². The quantitative estimate of drug-likeness (QED) is 0.617. The van der Waals surface area contributed by atoms with Crippen LogP contribution in [0.2, 0.25) is 0 Å². The molecule has 1 aliphatic rings. The summed E-state index contributed by atoms with van der Waals surface area (Å²) < 4.78 is 6.15. The number of hydrogen-bond acceptors (Lipinski definition) is 4. The third kappa shape index (κ3) is 2.92. The second-order valence-corrected chi connectivity index (χ2v) is 6.66. The summed E-state index contributed by atoms with van der Waals surface area (Å²) >= 11 is 5.04. The molecule has 1 fully saturated rings. The molecule has 5 heteroatoms. The lowest BCUT2D eigenvalue weighted by Gasteiger charge is -2.33. The second-order valence-electron chi connectivity index (χ2n) is 4.80. The zero-order valence-electron chi connectivity index (χ0n) is 10.9. The van der Waals surface area contributed by atoms with Crippen LogP contribution in [0.15, 0.2) is 15.9 Å². The molecular weight excluding hydrogens is 328 g/mol. The molecule has 0 N–H and O–H groups in total. The second kappa shape index (κ2) is 6.18. The molecule has 0 aromatic carbocycles. The first kappa shape index (κ1) is 14.7. The molecular formula is C14H17BrO3S. The van der Waals surface area contributed by atoms with Crippen molar-refractivity contribution in [3.8, 4) is 0 Å². The predicted molar refractivity (Wildman–Crippen MR) is 78.3 cm³/mol. The van der Waals surface area contributed by atoms with Crippen LogP contribution in [0.1, 0.15) is 37.5 Å². The minimum Gasteiger partial charge on any atom is -0.465 e. The maximum atomic E-state index is 12.4. The molecule has 1 saturated carbocycles. The monoisotopic (exact) mass is 344 g/mol. The fraction of sp³-hybridized carbons (Fsp3) is 0.571. The Morgan fingerprint density at radius 2 is 2.32 bits per heavy atom. The number of ether oxygens (including phenoxy) is 1. The van der Waals surface area contributed by atoms with Crippen LogP contribution in [-0.2, 0) is 20.7 Å². The molecule has 1 aliphatic carbocycles. The fourth-order valence-electron chi connectivity index (χ4n) is 2.56. The highest BCUT2D eigenvalue weighted by Crippen LogP contribution is 2.40. The van der Waals surface area contributed by atoms with E-state index in [1.54, 1.807) is 18.3 Å². The van der Waals surface area contributed by atoms with Gasteiger partial charge in [-0.15, -0.1) is 11.3 Å². The van der Waals surface area contributed by atoms with Gasteiger partial charge in [0.1, 0.15) is 5.41 Å². The molecule has 1 aromatic heterocycles. The first-order chi connectivity index (χ1) is 9.10. The zero-order valence-corrected chi connectivity index (χ0v) is 13.3. The highest BCUT2D eigenvalue weighted by Gasteiger charge is 2.48. The molecule has 0 amide bonds. The molecule has 0 saturated heterocycles. The van der Waals surface area contributed by atoms with Crippen LogP contribution in [0.25, 0.3) is 0 Å². The van der Waals surface area contributed by atoms with Crippen LogP contribution in [0, 0.1) is 5.41 Å². The Labute approximate surface area is 125 Å². The Kier molecular flexibility index (Phi) is 4.79. The lowest BCUT2D eigenvalue weighted by molar-refractivity contribution is -0.162. The average Bonchev–Trinajstić information content (AvgIpc) is 2.78. The van der Waals surface area contributed by atoms with Gasteiger partial charge in [0.15, 0.2) is 5.78 Å². The standard InChI is InChI=1S/C14H17BrO3S/c1-2-18-13(17)14(7-4-3-5-12(14)16)9-11-10(15)6-8-19-11/h6,8H,2-5,7,9H2,1H3. The van der Waals surface area contributed by atoms with Gasteiger partial charge in [0.05, 0.1) is 6.61 Å². The number of thiophene rings is 1. The molecule has 104 valence electrons. The maximum Gasteiger partial charge on any atom is 0.319 e. The summed E-state index contributed by atoms with van der Waals surface area (Å²) in [5, 5.41) is 1.96. The molecule has 1 heterocycles. The van der Waals surface area contributed by atoms with Crippen LogP contribution in [0.3, 0.4) is 0 Å². The van der Waals surface area contributed by atoms with E-state index in [9.17, 15) is 9.59 Å². The minimum atomic E-state index is -0.957. The third-order valence-electron chi connectivity index (χ3n) is 3.61. The van der Waals surface area contributed by atoms with E-state index in [0.717, 1.165) is 22.2 Å². The number of esters is 1. The lowest BCUT2D eigenvalue weighted by Crippen LogP contribution is -2.44. The minimum absolute atomic E-state index is 0.0394. The van der Waals surface area contributed by atoms with E-state index in [1.807, 2.05) is 11.4 Å². The Morgan fingerprint density at radius 1 is 1.53 bits per heavy atom. The first-order valence-electron chi connectivity index (χ1n) is 6.52. The van der Waals surface area contributed by atoms with E-state index in [4.69, 9.17) is 4.74 Å². The van der Waals surface area contributed by atoms with E-state index in [-0.39, 0.29) is 11.8 Å². The van der Waals surface area contributed by atoms with Crippen LogP contribution in [0.5, 0.6) is 0 Å². The van der Waals surface area contributed by atoms with Crippen LogP contribution >= 0.6 is 27.3 Å². The Hall–Kier alpha value is -0.680. The molecule has 0 bridgehead atoms. The van der Waals surface area contributed by atoms with Crippen molar-refractivity contribution in [3.05, 3.63) is 20.8 Å². The maximum absolute atomic E-state index is 12.4. The largest absolute Gasteiger partial charge is 0.465 e. The SMILES string of the molecule is CCOC(=O)C1(Cc2sccc2Br)CCCCC1=O. The van der Waals surface area contributed by atoms with Gasteiger partial charge in [0, 0.05) is 22.2 Å². The van der Waals surface area contributed by atoms with Crippen molar-refractivity contribution in [1.82, 2.24) is 0 Å². The van der Waals surface area contributed by atoms with Crippen LogP contribution in [0.4, 0.5) is 0 Å². The summed E-state index contributed by atoms with van der Waals surface area (Å²) in [6.07, 6.45) is 3.35. The number of halogens is 1. The van der Waals surface area contributed by atoms with Crippen molar-refractivity contribution in [2.24, 2.45) is 5.41 Å². The van der Waals surface area contributed by atoms with E-state index in [1.165, 1.54) is 0 Å². The molecule has 3 nitrogen and oxygen atoms in total. The highest BCUT2D eigenvalue weighted by molar-refractivity contribution is 9.10. The number of hydrogen-bond donors (Lipinski definition) is 0. The molecule has 19 heavy (non-hydrogen) atoms. The summed E-state index contributed by atoms with van der Waals surface area (Å²) in [5.41, 5.74) is -0.957. The third-order valence-corrected chi connectivity index (χ3v) is 5.54. The van der Waals surface area contributed by atoms with Gasteiger partial charge in [-0.05, 0) is 47.1 Å². The summed E-state index contributed by atoms with van der Waals surface area (Å²) in [5.74, 6) is -0.308. The number of carbonyl (C=O) groups is 2. The van der Waals surface area contributed by atoms with Crippen molar-refractivity contribution in [1.29, 1.82) is 0 Å². The first-order valence-corrected chi connectivity index (χ1v) is 8.20. The Bertz CT molecular complexity index is 483. The summed E-state index contributed by atoms with van der Waals surface area (Å²) in [6.45, 7) is 2.10.